The third kappa shape index (κ3) is 2.75. The predicted octanol–water partition coefficient (Wildman–Crippen LogP) is 4.23. The molecule has 112 valence electrons. The maximum Gasteiger partial charge on any atom is 0.229 e. The van der Waals surface area contributed by atoms with Crippen LogP contribution in [0.5, 0.6) is 5.75 Å². The van der Waals surface area contributed by atoms with Gasteiger partial charge in [-0.05, 0) is 47.9 Å². The Morgan fingerprint density at radius 2 is 2.00 bits per heavy atom. The molecule has 0 amide bonds. The highest BCUT2D eigenvalue weighted by atomic mass is 16.5. The van der Waals surface area contributed by atoms with Crippen molar-refractivity contribution < 1.29 is 9.26 Å². The number of nitrogens with zero attached hydrogens (tertiary/aromatic N) is 1. The second-order valence-electron chi connectivity index (χ2n) is 6.02. The minimum absolute atomic E-state index is 0.364. The molecule has 1 aliphatic carbocycles. The molecule has 1 fully saturated rings. The molecule has 0 saturated heterocycles. The largest absolute Gasteiger partial charge is 0.496 e. The molecule has 0 aliphatic heterocycles. The first-order valence-electron chi connectivity index (χ1n) is 7.57. The van der Waals surface area contributed by atoms with E-state index in [2.05, 4.69) is 18.1 Å². The number of nitrogen functional groups attached to an aromatic ring is 1. The van der Waals surface area contributed by atoms with E-state index in [1.807, 2.05) is 12.1 Å². The third-order valence-corrected chi connectivity index (χ3v) is 4.59. The topological polar surface area (TPSA) is 61.3 Å². The van der Waals surface area contributed by atoms with Gasteiger partial charge in [0.2, 0.25) is 5.88 Å². The number of hydrogen-bond acceptors (Lipinski definition) is 4. The lowest BCUT2D eigenvalue weighted by Crippen LogP contribution is -2.11. The van der Waals surface area contributed by atoms with Crippen LogP contribution in [0, 0.1) is 5.92 Å². The Balaban J connectivity index is 1.96. The highest BCUT2D eigenvalue weighted by Gasteiger charge is 2.23. The van der Waals surface area contributed by atoms with Crippen LogP contribution in [-0.4, -0.2) is 12.3 Å². The normalized spacial score (nSPS) is 22.2. The molecule has 1 heterocycles. The lowest BCUT2D eigenvalue weighted by atomic mass is 9.78. The molecule has 0 unspecified atom stereocenters. The Morgan fingerprint density at radius 3 is 2.62 bits per heavy atom. The molecule has 1 saturated carbocycles. The van der Waals surface area contributed by atoms with E-state index in [0.717, 1.165) is 22.8 Å². The average molecular weight is 286 g/mol. The first-order valence-corrected chi connectivity index (χ1v) is 7.57. The Bertz CT molecular complexity index is 613. The quantitative estimate of drug-likeness (QED) is 0.917. The van der Waals surface area contributed by atoms with Gasteiger partial charge in [0.25, 0.3) is 0 Å². The van der Waals surface area contributed by atoms with Crippen molar-refractivity contribution in [2.45, 2.75) is 38.5 Å². The van der Waals surface area contributed by atoms with Gasteiger partial charge in [0.1, 0.15) is 5.75 Å². The molecular formula is C17H22N2O2. The molecular weight excluding hydrogens is 264 g/mol. The van der Waals surface area contributed by atoms with Crippen molar-refractivity contribution in [1.82, 2.24) is 5.16 Å². The molecule has 1 aliphatic rings. The standard InChI is InChI=1S/C17H22N2O2/c1-11-3-5-12(6-4-11)14-9-13(7-8-16(14)20-2)15-10-19-21-17(15)18/h7-12H,3-6,18H2,1-2H3. The van der Waals surface area contributed by atoms with Gasteiger partial charge in [-0.1, -0.05) is 31.0 Å². The number of anilines is 1. The van der Waals surface area contributed by atoms with Crippen molar-refractivity contribution in [3.63, 3.8) is 0 Å². The summed E-state index contributed by atoms with van der Waals surface area (Å²) in [5.74, 6) is 2.73. The summed E-state index contributed by atoms with van der Waals surface area (Å²) in [7, 11) is 1.73. The van der Waals surface area contributed by atoms with Crippen molar-refractivity contribution in [3.05, 3.63) is 30.0 Å². The summed E-state index contributed by atoms with van der Waals surface area (Å²) in [5, 5.41) is 3.76. The maximum absolute atomic E-state index is 5.83. The van der Waals surface area contributed by atoms with Crippen LogP contribution >= 0.6 is 0 Å². The summed E-state index contributed by atoms with van der Waals surface area (Å²) >= 11 is 0. The molecule has 0 radical (unpaired) electrons. The minimum atomic E-state index is 0.364. The molecule has 21 heavy (non-hydrogen) atoms. The predicted molar refractivity (Wildman–Crippen MR) is 83.3 cm³/mol. The van der Waals surface area contributed by atoms with E-state index in [-0.39, 0.29) is 0 Å². The van der Waals surface area contributed by atoms with E-state index in [9.17, 15) is 0 Å². The lowest BCUT2D eigenvalue weighted by Gasteiger charge is -2.27. The Labute approximate surface area is 125 Å². The Hall–Kier alpha value is -1.97. The Morgan fingerprint density at radius 1 is 1.24 bits per heavy atom. The van der Waals surface area contributed by atoms with E-state index in [0.29, 0.717) is 11.8 Å². The first kappa shape index (κ1) is 14.0. The molecule has 2 N–H and O–H groups in total. The van der Waals surface area contributed by atoms with Gasteiger partial charge in [0.05, 0.1) is 18.9 Å². The smallest absolute Gasteiger partial charge is 0.229 e. The number of benzene rings is 1. The summed E-state index contributed by atoms with van der Waals surface area (Å²) in [6, 6.07) is 6.22. The fraction of sp³-hybridized carbons (Fsp3) is 0.471. The molecule has 4 nitrogen and oxygen atoms in total. The number of rotatable bonds is 3. The van der Waals surface area contributed by atoms with Gasteiger partial charge in [-0.2, -0.15) is 0 Å². The third-order valence-electron chi connectivity index (χ3n) is 4.59. The zero-order valence-corrected chi connectivity index (χ0v) is 12.6. The molecule has 0 spiro atoms. The summed E-state index contributed by atoms with van der Waals surface area (Å²) < 4.78 is 10.5. The van der Waals surface area contributed by atoms with Crippen LogP contribution in [0.4, 0.5) is 5.88 Å². The SMILES string of the molecule is COc1ccc(-c2cnoc2N)cc1C1CCC(C)CC1. The van der Waals surface area contributed by atoms with Gasteiger partial charge in [-0.15, -0.1) is 0 Å². The van der Waals surface area contributed by atoms with E-state index < -0.39 is 0 Å². The van der Waals surface area contributed by atoms with Crippen molar-refractivity contribution in [3.8, 4) is 16.9 Å². The van der Waals surface area contributed by atoms with Crippen LogP contribution in [0.2, 0.25) is 0 Å². The second kappa shape index (κ2) is 5.80. The van der Waals surface area contributed by atoms with E-state index >= 15 is 0 Å². The summed E-state index contributed by atoms with van der Waals surface area (Å²) in [6.07, 6.45) is 6.69. The van der Waals surface area contributed by atoms with Gasteiger partial charge < -0.3 is 15.0 Å². The summed E-state index contributed by atoms with van der Waals surface area (Å²) in [4.78, 5) is 0. The molecule has 0 bridgehead atoms. The molecule has 1 aromatic heterocycles. The van der Waals surface area contributed by atoms with Gasteiger partial charge in [-0.25, -0.2) is 0 Å². The van der Waals surface area contributed by atoms with Crippen molar-refractivity contribution in [2.75, 3.05) is 12.8 Å². The van der Waals surface area contributed by atoms with E-state index in [4.69, 9.17) is 15.0 Å². The lowest BCUT2D eigenvalue weighted by molar-refractivity contribution is 0.336. The number of methoxy groups -OCH3 is 1. The van der Waals surface area contributed by atoms with Crippen molar-refractivity contribution in [2.24, 2.45) is 5.92 Å². The van der Waals surface area contributed by atoms with Gasteiger partial charge >= 0.3 is 0 Å². The molecule has 2 aromatic rings. The summed E-state index contributed by atoms with van der Waals surface area (Å²) in [5.41, 5.74) is 9.00. The fourth-order valence-corrected chi connectivity index (χ4v) is 3.26. The zero-order chi connectivity index (χ0) is 14.8. The number of ether oxygens (including phenoxy) is 1. The van der Waals surface area contributed by atoms with Crippen LogP contribution in [0.1, 0.15) is 44.1 Å². The van der Waals surface area contributed by atoms with E-state index in [1.54, 1.807) is 13.3 Å². The van der Waals surface area contributed by atoms with Crippen LogP contribution in [0.25, 0.3) is 11.1 Å². The average Bonchev–Trinajstić information content (AvgIpc) is 2.93. The first-order chi connectivity index (χ1) is 10.2. The van der Waals surface area contributed by atoms with Crippen LogP contribution < -0.4 is 10.5 Å². The van der Waals surface area contributed by atoms with Crippen LogP contribution in [-0.2, 0) is 0 Å². The maximum atomic E-state index is 5.83. The van der Waals surface area contributed by atoms with Gasteiger partial charge in [0.15, 0.2) is 0 Å². The zero-order valence-electron chi connectivity index (χ0n) is 12.6. The van der Waals surface area contributed by atoms with Crippen molar-refractivity contribution in [1.29, 1.82) is 0 Å². The molecule has 0 atom stereocenters. The van der Waals surface area contributed by atoms with Crippen LogP contribution in [0.3, 0.4) is 0 Å². The number of nitrogens with two attached hydrogens (primary N) is 1. The Kier molecular flexibility index (Phi) is 3.86. The summed E-state index contributed by atoms with van der Waals surface area (Å²) in [6.45, 7) is 2.34. The van der Waals surface area contributed by atoms with Crippen molar-refractivity contribution >= 4 is 5.88 Å². The second-order valence-corrected chi connectivity index (χ2v) is 6.02. The fourth-order valence-electron chi connectivity index (χ4n) is 3.26. The van der Waals surface area contributed by atoms with Crippen LogP contribution in [0.15, 0.2) is 28.9 Å². The van der Waals surface area contributed by atoms with Gasteiger partial charge in [-0.3, -0.25) is 0 Å². The minimum Gasteiger partial charge on any atom is -0.496 e. The highest BCUT2D eigenvalue weighted by molar-refractivity contribution is 5.73. The molecule has 1 aromatic carbocycles. The molecule has 4 heteroatoms. The van der Waals surface area contributed by atoms with Gasteiger partial charge in [0, 0.05) is 0 Å². The van der Waals surface area contributed by atoms with E-state index in [1.165, 1.54) is 31.2 Å². The molecule has 3 rings (SSSR count). The monoisotopic (exact) mass is 286 g/mol. The highest BCUT2D eigenvalue weighted by Crippen LogP contribution is 2.41. The number of hydrogen-bond donors (Lipinski definition) is 1. The number of aromatic nitrogens is 1.